The number of hydrogen-bond acceptors (Lipinski definition) is 8. The Labute approximate surface area is 245 Å². The Balaban J connectivity index is 0.000000648. The summed E-state index contributed by atoms with van der Waals surface area (Å²) in [6.45, 7) is 0. The topological polar surface area (TPSA) is 121 Å². The minimum absolute atomic E-state index is 0. The summed E-state index contributed by atoms with van der Waals surface area (Å²) in [5.41, 5.74) is 0.824. The molecule has 2 aliphatic rings. The van der Waals surface area contributed by atoms with E-state index in [1.165, 1.54) is 12.2 Å². The second-order valence-corrected chi connectivity index (χ2v) is 8.82. The smallest absolute Gasteiger partial charge is 1.00 e. The van der Waals surface area contributed by atoms with Crippen molar-refractivity contribution in [3.63, 3.8) is 0 Å². The number of benzene rings is 2. The molecule has 4 rings (SSSR count). The van der Waals surface area contributed by atoms with Crippen LogP contribution in [0.25, 0.3) is 0 Å². The van der Waals surface area contributed by atoms with Crippen LogP contribution in [0.5, 0.6) is 0 Å². The van der Waals surface area contributed by atoms with E-state index in [-0.39, 0.29) is 86.0 Å². The van der Waals surface area contributed by atoms with E-state index < -0.39 is 27.3 Å². The molecule has 0 radical (unpaired) electrons. The largest absolute Gasteiger partial charge is 4.00 e. The minimum Gasteiger partial charge on any atom is -1.00 e. The molecule has 0 aliphatic heterocycles. The minimum atomic E-state index is -2.65. The van der Waals surface area contributed by atoms with Gasteiger partial charge in [-0.25, -0.2) is 27.8 Å². The number of allylic oxidation sites excluding steroid dienone is 6. The Morgan fingerprint density at radius 2 is 0.946 bits per heavy atom. The molecule has 0 fully saturated rings. The third-order valence-corrected chi connectivity index (χ3v) is 5.83. The predicted octanol–water partition coefficient (Wildman–Crippen LogP) is -0.0125. The zero-order valence-electron chi connectivity index (χ0n) is 18.8. The molecule has 0 spiro atoms. The van der Waals surface area contributed by atoms with Crippen LogP contribution in [0.4, 0.5) is 0 Å². The Morgan fingerprint density at radius 1 is 0.622 bits per heavy atom. The standard InChI is InChI=1S/2C12H8O4P.2ClH.Zr/c2*13-12(9-4-2-1-3-5-9)16-10-6-7-11(8-10)17(14)15;;;/h2*1-6H,7H2;2*1H;/q2*-1;;;+4/p-2. The van der Waals surface area contributed by atoms with E-state index in [0.29, 0.717) is 11.1 Å². The summed E-state index contributed by atoms with van der Waals surface area (Å²) in [4.78, 5) is 23.2. The van der Waals surface area contributed by atoms with Gasteiger partial charge in [-0.2, -0.15) is 24.3 Å². The van der Waals surface area contributed by atoms with Gasteiger partial charge in [0.15, 0.2) is 0 Å². The Morgan fingerprint density at radius 3 is 1.22 bits per heavy atom. The summed E-state index contributed by atoms with van der Waals surface area (Å²) in [6, 6.07) is 17.0. The van der Waals surface area contributed by atoms with Crippen molar-refractivity contribution >= 4 is 27.3 Å². The maximum Gasteiger partial charge on any atom is 4.00 e. The number of hydrogen-bond donors (Lipinski definition) is 0. The second-order valence-electron chi connectivity index (χ2n) is 6.71. The normalized spacial score (nSPS) is 12.8. The van der Waals surface area contributed by atoms with Gasteiger partial charge in [-0.05, 0) is 46.4 Å². The third-order valence-electron chi connectivity index (χ3n) is 4.36. The maximum atomic E-state index is 11.6. The van der Waals surface area contributed by atoms with Gasteiger partial charge in [0.2, 0.25) is 0 Å². The van der Waals surface area contributed by atoms with Crippen molar-refractivity contribution < 1.29 is 88.3 Å². The van der Waals surface area contributed by atoms with Crippen molar-refractivity contribution in [2.45, 2.75) is 12.8 Å². The van der Waals surface area contributed by atoms with E-state index in [1.807, 2.05) is 0 Å². The molecule has 0 amide bonds. The fraction of sp³-hybridized carbons (Fsp3) is 0.0833. The first-order valence-corrected chi connectivity index (χ1v) is 12.2. The average molecular weight is 656 g/mol. The molecule has 2 aromatic carbocycles. The van der Waals surface area contributed by atoms with Gasteiger partial charge in [0.1, 0.15) is 0 Å². The van der Waals surface area contributed by atoms with Crippen molar-refractivity contribution in [3.05, 3.63) is 118 Å². The number of rotatable bonds is 6. The van der Waals surface area contributed by atoms with Crippen LogP contribution in [0.1, 0.15) is 33.6 Å². The number of carbonyl (C=O) groups excluding carboxylic acids is 2. The molecule has 2 aromatic rings. The van der Waals surface area contributed by atoms with Gasteiger partial charge in [-0.1, -0.05) is 49.2 Å². The summed E-state index contributed by atoms with van der Waals surface area (Å²) in [5.74, 6) is -0.723. The van der Waals surface area contributed by atoms with Crippen LogP contribution in [-0.4, -0.2) is 11.9 Å². The van der Waals surface area contributed by atoms with Crippen molar-refractivity contribution in [2.75, 3.05) is 0 Å². The fourth-order valence-electron chi connectivity index (χ4n) is 2.71. The van der Waals surface area contributed by atoms with Crippen LogP contribution < -0.4 is 24.8 Å². The number of ether oxygens (including phenoxy) is 2. The van der Waals surface area contributed by atoms with Gasteiger partial charge < -0.3 is 34.3 Å². The van der Waals surface area contributed by atoms with E-state index in [0.717, 1.165) is 0 Å². The van der Waals surface area contributed by atoms with E-state index in [2.05, 4.69) is 12.2 Å². The molecular weight excluding hydrogens is 640 g/mol. The van der Waals surface area contributed by atoms with Gasteiger partial charge >= 0.3 is 53.5 Å². The van der Waals surface area contributed by atoms with Crippen LogP contribution in [-0.2, 0) is 53.9 Å². The molecule has 2 aliphatic carbocycles. The van der Waals surface area contributed by atoms with Crippen LogP contribution >= 0.6 is 15.4 Å². The summed E-state index contributed by atoms with van der Waals surface area (Å²) >= 11 is 0. The molecule has 0 bridgehead atoms. The second kappa shape index (κ2) is 17.2. The molecule has 0 aromatic heterocycles. The summed E-state index contributed by atoms with van der Waals surface area (Å²) in [6.07, 6.45) is 8.55. The molecular formula is C24H16Cl2O8P2Zr. The summed E-state index contributed by atoms with van der Waals surface area (Å²) < 4.78 is 52.7. The molecule has 0 heterocycles. The van der Waals surface area contributed by atoms with Crippen molar-refractivity contribution in [1.82, 2.24) is 0 Å². The zero-order chi connectivity index (χ0) is 24.5. The van der Waals surface area contributed by atoms with Gasteiger partial charge in [0, 0.05) is 0 Å². The molecule has 0 saturated heterocycles. The van der Waals surface area contributed by atoms with Gasteiger partial charge in [0.05, 0.1) is 11.1 Å². The van der Waals surface area contributed by atoms with E-state index in [1.54, 1.807) is 60.7 Å². The maximum absolute atomic E-state index is 11.6. The van der Waals surface area contributed by atoms with E-state index in [4.69, 9.17) is 9.47 Å². The molecule has 0 unspecified atom stereocenters. The zero-order valence-corrected chi connectivity index (χ0v) is 24.5. The quantitative estimate of drug-likeness (QED) is 0.242. The Hall–Kier alpha value is -2.40. The van der Waals surface area contributed by atoms with Crippen LogP contribution in [0.2, 0.25) is 0 Å². The SMILES string of the molecule is O=C(OC1=CCC(P(=O)=O)=[C-]1)c1ccccc1.O=C(OC1=CCC(P(=O)=O)=[C-]1)c1ccccc1.[Cl-].[Cl-].[Zr+4]. The Kier molecular flexibility index (Phi) is 16.1. The van der Waals surface area contributed by atoms with Crippen LogP contribution in [0.15, 0.2) is 95.0 Å². The number of carbonyl (C=O) groups is 2. The molecule has 8 nitrogen and oxygen atoms in total. The summed E-state index contributed by atoms with van der Waals surface area (Å²) in [5, 5.41) is 0.270. The summed E-state index contributed by atoms with van der Waals surface area (Å²) in [7, 11) is -5.29. The number of esters is 2. The first kappa shape index (κ1) is 34.6. The molecule has 37 heavy (non-hydrogen) atoms. The van der Waals surface area contributed by atoms with Gasteiger partial charge in [-0.3, -0.25) is 0 Å². The molecule has 188 valence electrons. The average Bonchev–Trinajstić information content (AvgIpc) is 3.51. The van der Waals surface area contributed by atoms with Gasteiger partial charge in [0.25, 0.3) is 0 Å². The fourth-order valence-corrected chi connectivity index (χ4v) is 3.59. The van der Waals surface area contributed by atoms with Crippen molar-refractivity contribution in [3.8, 4) is 0 Å². The molecule has 13 heteroatoms. The molecule has 0 N–H and O–H groups in total. The van der Waals surface area contributed by atoms with E-state index in [9.17, 15) is 27.8 Å². The predicted molar refractivity (Wildman–Crippen MR) is 119 cm³/mol. The molecule has 0 atom stereocenters. The van der Waals surface area contributed by atoms with Crippen molar-refractivity contribution in [2.24, 2.45) is 0 Å². The first-order chi connectivity index (χ1) is 16.3. The monoisotopic (exact) mass is 654 g/mol. The third kappa shape index (κ3) is 10.9. The Bertz CT molecular complexity index is 1240. The van der Waals surface area contributed by atoms with Crippen LogP contribution in [0, 0.1) is 12.2 Å². The molecule has 0 saturated carbocycles. The van der Waals surface area contributed by atoms with Gasteiger partial charge in [-0.15, -0.1) is 0 Å². The first-order valence-electron chi connectivity index (χ1n) is 9.82. The van der Waals surface area contributed by atoms with Crippen LogP contribution in [0.3, 0.4) is 0 Å². The van der Waals surface area contributed by atoms with Crippen molar-refractivity contribution in [1.29, 1.82) is 0 Å². The number of halogens is 2. The van der Waals surface area contributed by atoms with E-state index >= 15 is 0 Å².